The molecule has 1 aromatic rings. The maximum atomic E-state index is 5.54. The quantitative estimate of drug-likeness (QED) is 0.548. The monoisotopic (exact) mass is 208 g/mol. The van der Waals surface area contributed by atoms with Crippen LogP contribution in [0.3, 0.4) is 0 Å². The Labute approximate surface area is 90.0 Å². The smallest absolute Gasteiger partial charge is 0.134 e. The third kappa shape index (κ3) is 3.32. The third-order valence-electron chi connectivity index (χ3n) is 1.64. The fourth-order valence-electron chi connectivity index (χ4n) is 1.04. The summed E-state index contributed by atoms with van der Waals surface area (Å²) in [5, 5.41) is 0. The van der Waals surface area contributed by atoms with Gasteiger partial charge in [0.15, 0.2) is 0 Å². The molecule has 1 aromatic carbocycles. The Morgan fingerprint density at radius 3 is 2.86 bits per heavy atom. The molecule has 1 nitrogen and oxygen atoms in total. The van der Waals surface area contributed by atoms with E-state index in [2.05, 4.69) is 18.8 Å². The highest BCUT2D eigenvalue weighted by Crippen LogP contribution is 2.16. The second-order valence-electron chi connectivity index (χ2n) is 2.78. The van der Waals surface area contributed by atoms with Gasteiger partial charge in [0.1, 0.15) is 5.75 Å². The molecule has 0 saturated heterocycles. The first kappa shape index (κ1) is 10.9. The van der Waals surface area contributed by atoms with Crippen molar-refractivity contribution in [2.75, 3.05) is 12.5 Å². The molecule has 0 aliphatic carbocycles. The Balaban J connectivity index is 2.80. The number of para-hydroxylation sites is 1. The Hall–Kier alpha value is -1.13. The Morgan fingerprint density at radius 1 is 1.36 bits per heavy atom. The van der Waals surface area contributed by atoms with E-state index in [9.17, 15) is 0 Å². The van der Waals surface area contributed by atoms with Crippen LogP contribution in [-0.4, -0.2) is 12.5 Å². The molecule has 0 spiro atoms. The summed E-state index contributed by atoms with van der Waals surface area (Å²) in [4.78, 5) is 0. The molecule has 0 bridgehead atoms. The molecule has 0 aromatic heterocycles. The van der Waals surface area contributed by atoms with Crippen molar-refractivity contribution in [2.24, 2.45) is 0 Å². The van der Waals surface area contributed by atoms with E-state index in [1.807, 2.05) is 24.3 Å². The number of hydrogen-bond acceptors (Lipinski definition) is 1. The minimum atomic E-state index is 0.349. The number of halogens is 1. The van der Waals surface area contributed by atoms with Gasteiger partial charge in [-0.2, -0.15) is 0 Å². The minimum absolute atomic E-state index is 0.349. The van der Waals surface area contributed by atoms with Crippen molar-refractivity contribution in [3.05, 3.63) is 29.8 Å². The summed E-state index contributed by atoms with van der Waals surface area (Å²) in [6.45, 7) is 2.80. The maximum Gasteiger partial charge on any atom is 0.134 e. The van der Waals surface area contributed by atoms with Gasteiger partial charge in [-0.3, -0.25) is 0 Å². The summed E-state index contributed by atoms with van der Waals surface area (Å²) >= 11 is 5.49. The summed E-state index contributed by atoms with van der Waals surface area (Å²) in [6, 6.07) is 7.74. The van der Waals surface area contributed by atoms with Gasteiger partial charge in [0, 0.05) is 0 Å². The lowest BCUT2D eigenvalue weighted by molar-refractivity contribution is 0.316. The van der Waals surface area contributed by atoms with Crippen LogP contribution < -0.4 is 4.74 Å². The molecule has 0 fully saturated rings. The van der Waals surface area contributed by atoms with Crippen LogP contribution in [0.15, 0.2) is 24.3 Å². The molecule has 0 heterocycles. The Bertz CT molecular complexity index is 336. The topological polar surface area (TPSA) is 9.23 Å². The standard InChI is InChI=1S/C12H13ClO/c1-2-10-14-12-8-4-3-6-11(12)7-5-9-13/h3-4,6,8H,2,9-10H2,1H3. The molecule has 1 rings (SSSR count). The Kier molecular flexibility index (Phi) is 4.96. The Morgan fingerprint density at radius 2 is 2.14 bits per heavy atom. The van der Waals surface area contributed by atoms with Gasteiger partial charge in [0.05, 0.1) is 18.1 Å². The minimum Gasteiger partial charge on any atom is -0.492 e. The lowest BCUT2D eigenvalue weighted by atomic mass is 10.2. The van der Waals surface area contributed by atoms with Gasteiger partial charge >= 0.3 is 0 Å². The highest BCUT2D eigenvalue weighted by Gasteiger charge is 1.97. The van der Waals surface area contributed by atoms with Crippen molar-refractivity contribution < 1.29 is 4.74 Å². The van der Waals surface area contributed by atoms with Gasteiger partial charge in [-0.25, -0.2) is 0 Å². The van der Waals surface area contributed by atoms with Gasteiger partial charge in [0.25, 0.3) is 0 Å². The van der Waals surface area contributed by atoms with Crippen LogP contribution in [0.4, 0.5) is 0 Å². The van der Waals surface area contributed by atoms with Crippen LogP contribution in [0.2, 0.25) is 0 Å². The van der Waals surface area contributed by atoms with Crippen LogP contribution >= 0.6 is 11.6 Å². The van der Waals surface area contributed by atoms with Crippen LogP contribution in [-0.2, 0) is 0 Å². The van der Waals surface area contributed by atoms with E-state index in [0.717, 1.165) is 24.3 Å². The van der Waals surface area contributed by atoms with Crippen LogP contribution in [0.5, 0.6) is 5.75 Å². The molecular formula is C12H13ClO. The highest BCUT2D eigenvalue weighted by atomic mass is 35.5. The summed E-state index contributed by atoms with van der Waals surface area (Å²) in [6.07, 6.45) is 0.997. The molecule has 2 heteroatoms. The lowest BCUT2D eigenvalue weighted by Gasteiger charge is -2.05. The summed E-state index contributed by atoms with van der Waals surface area (Å²) in [5.74, 6) is 6.97. The average Bonchev–Trinajstić information content (AvgIpc) is 2.24. The predicted octanol–water partition coefficient (Wildman–Crippen LogP) is 3.07. The van der Waals surface area contributed by atoms with E-state index in [-0.39, 0.29) is 0 Å². The zero-order valence-corrected chi connectivity index (χ0v) is 8.97. The van der Waals surface area contributed by atoms with Crippen LogP contribution in [0.1, 0.15) is 18.9 Å². The summed E-state index contributed by atoms with van der Waals surface area (Å²) in [7, 11) is 0. The van der Waals surface area contributed by atoms with Crippen molar-refractivity contribution in [1.29, 1.82) is 0 Å². The van der Waals surface area contributed by atoms with Gasteiger partial charge in [-0.05, 0) is 18.6 Å². The fourth-order valence-corrected chi connectivity index (χ4v) is 1.10. The number of alkyl halides is 1. The van der Waals surface area contributed by atoms with E-state index in [1.165, 1.54) is 0 Å². The largest absolute Gasteiger partial charge is 0.492 e. The van der Waals surface area contributed by atoms with E-state index >= 15 is 0 Å². The number of hydrogen-bond donors (Lipinski definition) is 0. The van der Waals surface area contributed by atoms with Gasteiger partial charge in [-0.1, -0.05) is 30.9 Å². The van der Waals surface area contributed by atoms with Crippen molar-refractivity contribution in [2.45, 2.75) is 13.3 Å². The molecule has 74 valence electrons. The van der Waals surface area contributed by atoms with Crippen LogP contribution in [0.25, 0.3) is 0 Å². The molecular weight excluding hydrogens is 196 g/mol. The predicted molar refractivity (Wildman–Crippen MR) is 59.8 cm³/mol. The van der Waals surface area contributed by atoms with E-state index < -0.39 is 0 Å². The zero-order valence-electron chi connectivity index (χ0n) is 8.22. The van der Waals surface area contributed by atoms with E-state index in [1.54, 1.807) is 0 Å². The number of benzene rings is 1. The molecule has 0 radical (unpaired) electrons. The highest BCUT2D eigenvalue weighted by molar-refractivity contribution is 6.19. The molecule has 14 heavy (non-hydrogen) atoms. The van der Waals surface area contributed by atoms with Gasteiger partial charge in [0.2, 0.25) is 0 Å². The van der Waals surface area contributed by atoms with Gasteiger partial charge < -0.3 is 4.74 Å². The van der Waals surface area contributed by atoms with E-state index in [4.69, 9.17) is 16.3 Å². The fraction of sp³-hybridized carbons (Fsp3) is 0.333. The average molecular weight is 209 g/mol. The molecule has 0 amide bonds. The van der Waals surface area contributed by atoms with Crippen molar-refractivity contribution >= 4 is 11.6 Å². The van der Waals surface area contributed by atoms with Crippen LogP contribution in [0, 0.1) is 11.8 Å². The second kappa shape index (κ2) is 6.34. The first-order chi connectivity index (χ1) is 6.88. The van der Waals surface area contributed by atoms with Crippen molar-refractivity contribution in [3.63, 3.8) is 0 Å². The normalized spacial score (nSPS) is 9.00. The van der Waals surface area contributed by atoms with Gasteiger partial charge in [-0.15, -0.1) is 11.6 Å². The molecule has 0 atom stereocenters. The summed E-state index contributed by atoms with van der Waals surface area (Å²) < 4.78 is 5.54. The second-order valence-corrected chi connectivity index (χ2v) is 3.05. The van der Waals surface area contributed by atoms with Crippen molar-refractivity contribution in [1.82, 2.24) is 0 Å². The van der Waals surface area contributed by atoms with E-state index in [0.29, 0.717) is 5.88 Å². The zero-order chi connectivity index (χ0) is 10.2. The first-order valence-corrected chi connectivity index (χ1v) is 5.18. The molecule has 0 N–H and O–H groups in total. The molecule has 0 saturated carbocycles. The first-order valence-electron chi connectivity index (χ1n) is 4.65. The number of ether oxygens (including phenoxy) is 1. The molecule has 0 unspecified atom stereocenters. The third-order valence-corrected chi connectivity index (χ3v) is 1.77. The number of rotatable bonds is 3. The molecule has 0 aliphatic rings. The van der Waals surface area contributed by atoms with Crippen molar-refractivity contribution in [3.8, 4) is 17.6 Å². The summed E-state index contributed by atoms with van der Waals surface area (Å²) in [5.41, 5.74) is 0.904. The molecule has 0 aliphatic heterocycles. The lowest BCUT2D eigenvalue weighted by Crippen LogP contribution is -1.96. The SMILES string of the molecule is CCCOc1ccccc1C#CCCl. The maximum absolute atomic E-state index is 5.54.